The molecule has 0 saturated carbocycles. The molecule has 22 heavy (non-hydrogen) atoms. The first-order chi connectivity index (χ1) is 10.3. The van der Waals surface area contributed by atoms with Gasteiger partial charge in [-0.25, -0.2) is 0 Å². The van der Waals surface area contributed by atoms with Crippen molar-refractivity contribution < 1.29 is 9.36 Å². The number of ketones is 1. The average molecular weight is 320 g/mol. The van der Waals surface area contributed by atoms with Crippen molar-refractivity contribution in [2.24, 2.45) is 5.92 Å². The molecular formula is C19H29O2P. The lowest BCUT2D eigenvalue weighted by Gasteiger charge is -2.28. The Morgan fingerprint density at radius 1 is 1.18 bits per heavy atom. The van der Waals surface area contributed by atoms with Crippen molar-refractivity contribution in [3.8, 4) is 0 Å². The van der Waals surface area contributed by atoms with E-state index >= 15 is 0 Å². The summed E-state index contributed by atoms with van der Waals surface area (Å²) in [5, 5.41) is -0.769. The van der Waals surface area contributed by atoms with Gasteiger partial charge in [-0.05, 0) is 50.7 Å². The molecule has 0 aliphatic heterocycles. The summed E-state index contributed by atoms with van der Waals surface area (Å²) in [6.45, 7) is 12.3. The van der Waals surface area contributed by atoms with Crippen molar-refractivity contribution in [1.29, 1.82) is 0 Å². The number of unbranched alkanes of at least 4 members (excludes halogenated alkanes) is 1. The normalized spacial score (nSPS) is 14.3. The van der Waals surface area contributed by atoms with Crippen LogP contribution in [-0.4, -0.2) is 10.9 Å². The second kappa shape index (κ2) is 8.02. The number of hydrogen-bond acceptors (Lipinski definition) is 2. The highest BCUT2D eigenvalue weighted by molar-refractivity contribution is 7.28. The molecule has 1 rings (SSSR count). The van der Waals surface area contributed by atoms with E-state index in [1.54, 1.807) is 0 Å². The molecule has 0 bridgehead atoms. The highest BCUT2D eigenvalue weighted by Crippen LogP contribution is 2.40. The largest absolute Gasteiger partial charge is 0.293 e. The van der Waals surface area contributed by atoms with Gasteiger partial charge in [-0.15, -0.1) is 0 Å². The number of benzene rings is 1. The number of carbonyl (C=O) groups is 1. The van der Waals surface area contributed by atoms with E-state index in [4.69, 9.17) is 0 Å². The molecule has 1 atom stereocenters. The molecule has 0 N–H and O–H groups in total. The number of carbonyl (C=O) groups excluding carboxylic acids is 1. The van der Waals surface area contributed by atoms with E-state index in [2.05, 4.69) is 20.8 Å². The minimum atomic E-state index is -0.769. The molecule has 3 heteroatoms. The van der Waals surface area contributed by atoms with Crippen molar-refractivity contribution in [2.75, 3.05) is 0 Å². The van der Waals surface area contributed by atoms with Crippen LogP contribution in [0.15, 0.2) is 12.1 Å². The minimum absolute atomic E-state index is 0.0356. The Kier molecular flexibility index (Phi) is 6.94. The summed E-state index contributed by atoms with van der Waals surface area (Å²) in [6.07, 6.45) is 3.30. The second-order valence-electron chi connectivity index (χ2n) is 6.93. The summed E-state index contributed by atoms with van der Waals surface area (Å²) in [5.41, 5.74) is 3.92. The third-order valence-corrected chi connectivity index (χ3v) is 5.15. The molecule has 0 saturated heterocycles. The number of Topliss-reactive ketones (excluding diaryl/α,β-unsaturated/α-hetero) is 1. The van der Waals surface area contributed by atoms with E-state index in [0.717, 1.165) is 35.1 Å². The van der Waals surface area contributed by atoms with E-state index in [0.29, 0.717) is 18.8 Å². The fraction of sp³-hybridized carbons (Fsp3) is 0.632. The van der Waals surface area contributed by atoms with Gasteiger partial charge in [-0.2, -0.15) is 0 Å². The van der Waals surface area contributed by atoms with Crippen LogP contribution in [0.5, 0.6) is 0 Å². The predicted octanol–water partition coefficient (Wildman–Crippen LogP) is 6.06. The van der Waals surface area contributed by atoms with Gasteiger partial charge in [0.15, 0.2) is 14.2 Å². The van der Waals surface area contributed by atoms with Crippen LogP contribution >= 0.6 is 8.46 Å². The van der Waals surface area contributed by atoms with E-state index in [-0.39, 0.29) is 14.2 Å². The van der Waals surface area contributed by atoms with Gasteiger partial charge in [0, 0.05) is 5.56 Å². The number of hydrogen-bond donors (Lipinski definition) is 0. The molecule has 0 aliphatic rings. The molecule has 1 unspecified atom stereocenters. The molecule has 0 heterocycles. The van der Waals surface area contributed by atoms with Crippen molar-refractivity contribution in [2.45, 2.75) is 72.4 Å². The standard InChI is InChI=1S/C19H29O2P/c1-7-8-9-19(22-21,12-13(2)3)18(20)17-15(5)10-14(4)11-16(17)6/h10-11,13H,7-9,12H2,1-6H3. The Labute approximate surface area is 136 Å². The molecule has 0 aromatic heterocycles. The fourth-order valence-electron chi connectivity index (χ4n) is 3.35. The molecule has 122 valence electrons. The van der Waals surface area contributed by atoms with Crippen molar-refractivity contribution in [1.82, 2.24) is 0 Å². The predicted molar refractivity (Wildman–Crippen MR) is 94.3 cm³/mol. The summed E-state index contributed by atoms with van der Waals surface area (Å²) < 4.78 is 12.0. The van der Waals surface area contributed by atoms with E-state index in [1.807, 2.05) is 32.9 Å². The maximum absolute atomic E-state index is 13.3. The lowest BCUT2D eigenvalue weighted by Crippen LogP contribution is -2.35. The maximum Gasteiger partial charge on any atom is 0.181 e. The van der Waals surface area contributed by atoms with E-state index in [1.165, 1.54) is 0 Å². The Bertz CT molecular complexity index is 525. The summed E-state index contributed by atoms with van der Waals surface area (Å²) in [7, 11) is -0.0356. The smallest absolute Gasteiger partial charge is 0.181 e. The van der Waals surface area contributed by atoms with Gasteiger partial charge in [-0.1, -0.05) is 51.3 Å². The van der Waals surface area contributed by atoms with Gasteiger partial charge in [0.25, 0.3) is 0 Å². The van der Waals surface area contributed by atoms with Crippen molar-refractivity contribution in [3.63, 3.8) is 0 Å². The molecule has 0 amide bonds. The zero-order valence-electron chi connectivity index (χ0n) is 14.8. The lowest BCUT2D eigenvalue weighted by atomic mass is 9.82. The highest BCUT2D eigenvalue weighted by atomic mass is 31.1. The Hall–Kier alpha value is -1.01. The third kappa shape index (κ3) is 4.26. The third-order valence-electron chi connectivity index (χ3n) is 4.19. The summed E-state index contributed by atoms with van der Waals surface area (Å²) >= 11 is 0. The van der Waals surface area contributed by atoms with Crippen LogP contribution in [0.25, 0.3) is 0 Å². The second-order valence-corrected chi connectivity index (χ2v) is 7.97. The minimum Gasteiger partial charge on any atom is -0.293 e. The molecule has 0 radical (unpaired) electrons. The van der Waals surface area contributed by atoms with Crippen LogP contribution in [0, 0.1) is 26.7 Å². The van der Waals surface area contributed by atoms with Crippen molar-refractivity contribution >= 4 is 14.2 Å². The lowest BCUT2D eigenvalue weighted by molar-refractivity contribution is 0.0917. The topological polar surface area (TPSA) is 34.1 Å². The van der Waals surface area contributed by atoms with Crippen molar-refractivity contribution in [3.05, 3.63) is 34.4 Å². The summed E-state index contributed by atoms with van der Waals surface area (Å²) in [6, 6.07) is 4.09. The zero-order chi connectivity index (χ0) is 16.9. The van der Waals surface area contributed by atoms with Gasteiger partial charge in [0.05, 0.1) is 0 Å². The van der Waals surface area contributed by atoms with Gasteiger partial charge < -0.3 is 0 Å². The first kappa shape index (κ1) is 19.0. The van der Waals surface area contributed by atoms with Crippen LogP contribution in [0.1, 0.15) is 73.5 Å². The van der Waals surface area contributed by atoms with Crippen LogP contribution < -0.4 is 0 Å². The first-order valence-corrected chi connectivity index (χ1v) is 9.05. The van der Waals surface area contributed by atoms with E-state index < -0.39 is 5.16 Å². The Morgan fingerprint density at radius 2 is 1.73 bits per heavy atom. The summed E-state index contributed by atoms with van der Waals surface area (Å²) in [5.74, 6) is 0.398. The zero-order valence-corrected chi connectivity index (χ0v) is 15.7. The van der Waals surface area contributed by atoms with Gasteiger partial charge in [-0.3, -0.25) is 9.36 Å². The quantitative estimate of drug-likeness (QED) is 0.431. The monoisotopic (exact) mass is 320 g/mol. The van der Waals surface area contributed by atoms with Gasteiger partial charge in [0.2, 0.25) is 0 Å². The highest BCUT2D eigenvalue weighted by Gasteiger charge is 2.41. The summed E-state index contributed by atoms with van der Waals surface area (Å²) in [4.78, 5) is 13.3. The first-order valence-electron chi connectivity index (χ1n) is 8.24. The van der Waals surface area contributed by atoms with E-state index in [9.17, 15) is 9.36 Å². The van der Waals surface area contributed by atoms with Crippen LogP contribution in [0.3, 0.4) is 0 Å². The molecular weight excluding hydrogens is 291 g/mol. The molecule has 0 spiro atoms. The number of aryl methyl sites for hydroxylation is 3. The SMILES string of the molecule is CCCCC(CC(C)C)(P=O)C(=O)c1c(C)cc(C)cc1C. The fourth-order valence-corrected chi connectivity index (χ4v) is 4.23. The molecule has 0 aliphatic carbocycles. The Balaban J connectivity index is 3.35. The van der Waals surface area contributed by atoms with Gasteiger partial charge >= 0.3 is 0 Å². The maximum atomic E-state index is 13.3. The van der Waals surface area contributed by atoms with Crippen LogP contribution in [-0.2, 0) is 4.57 Å². The van der Waals surface area contributed by atoms with Crippen LogP contribution in [0.2, 0.25) is 0 Å². The number of rotatable bonds is 8. The molecule has 1 aromatic rings. The van der Waals surface area contributed by atoms with Gasteiger partial charge in [0.1, 0.15) is 5.16 Å². The molecule has 2 nitrogen and oxygen atoms in total. The molecule has 0 fully saturated rings. The Morgan fingerprint density at radius 3 is 2.14 bits per heavy atom. The van der Waals surface area contributed by atoms with Crippen LogP contribution in [0.4, 0.5) is 0 Å². The molecule has 1 aromatic carbocycles. The average Bonchev–Trinajstić information content (AvgIpc) is 2.41.